The normalized spacial score (nSPS) is 12.1. The minimum absolute atomic E-state index is 0.193. The maximum atomic E-state index is 13.2. The Labute approximate surface area is 179 Å². The van der Waals surface area contributed by atoms with Gasteiger partial charge in [-0.2, -0.15) is 0 Å². The molecular formula is C24H23N3O2S. The number of aromatic nitrogens is 2. The number of aryl methyl sites for hydroxylation is 1. The zero-order valence-corrected chi connectivity index (χ0v) is 17.8. The average Bonchev–Trinajstić information content (AvgIpc) is 3.22. The topological polar surface area (TPSA) is 64.0 Å². The van der Waals surface area contributed by atoms with E-state index in [-0.39, 0.29) is 11.5 Å². The second-order valence-corrected chi connectivity index (χ2v) is 8.15. The van der Waals surface area contributed by atoms with E-state index < -0.39 is 6.04 Å². The van der Waals surface area contributed by atoms with Gasteiger partial charge in [-0.05, 0) is 42.2 Å². The van der Waals surface area contributed by atoms with Crippen molar-refractivity contribution in [2.75, 3.05) is 5.32 Å². The third-order valence-corrected chi connectivity index (χ3v) is 6.28. The van der Waals surface area contributed by atoms with Crippen LogP contribution < -0.4 is 10.9 Å². The first-order chi connectivity index (χ1) is 14.6. The Balaban J connectivity index is 1.65. The van der Waals surface area contributed by atoms with Gasteiger partial charge in [-0.3, -0.25) is 14.2 Å². The van der Waals surface area contributed by atoms with Crippen molar-refractivity contribution in [1.82, 2.24) is 9.55 Å². The van der Waals surface area contributed by atoms with Crippen LogP contribution in [-0.4, -0.2) is 15.5 Å². The molecule has 1 amide bonds. The quantitative estimate of drug-likeness (QED) is 0.464. The van der Waals surface area contributed by atoms with E-state index in [4.69, 9.17) is 0 Å². The molecule has 5 nitrogen and oxygen atoms in total. The average molecular weight is 418 g/mol. The number of thiophene rings is 1. The van der Waals surface area contributed by atoms with E-state index >= 15 is 0 Å². The summed E-state index contributed by atoms with van der Waals surface area (Å²) in [6.07, 6.45) is 2.92. The van der Waals surface area contributed by atoms with Crippen LogP contribution in [0.2, 0.25) is 0 Å². The van der Waals surface area contributed by atoms with Crippen molar-refractivity contribution in [1.29, 1.82) is 0 Å². The summed E-state index contributed by atoms with van der Waals surface area (Å²) in [5, 5.41) is 3.47. The highest BCUT2D eigenvalue weighted by atomic mass is 32.1. The molecular weight excluding hydrogens is 394 g/mol. The molecule has 2 aromatic heterocycles. The molecule has 0 bridgehead atoms. The summed E-state index contributed by atoms with van der Waals surface area (Å²) in [5.74, 6) is -0.219. The second-order valence-electron chi connectivity index (χ2n) is 7.12. The predicted octanol–water partition coefficient (Wildman–Crippen LogP) is 5.28. The van der Waals surface area contributed by atoms with Crippen molar-refractivity contribution in [3.8, 4) is 10.4 Å². The molecule has 30 heavy (non-hydrogen) atoms. The zero-order chi connectivity index (χ0) is 21.1. The molecule has 6 heteroatoms. The fourth-order valence-electron chi connectivity index (χ4n) is 3.46. The van der Waals surface area contributed by atoms with Gasteiger partial charge in [0.25, 0.3) is 5.56 Å². The van der Waals surface area contributed by atoms with Gasteiger partial charge in [0.15, 0.2) is 0 Å². The Morgan fingerprint density at radius 1 is 1.10 bits per heavy atom. The number of fused-ring (bicyclic) bond motifs is 1. The number of hydrogen-bond acceptors (Lipinski definition) is 4. The lowest BCUT2D eigenvalue weighted by Gasteiger charge is -2.17. The molecule has 2 aromatic carbocycles. The molecule has 2 heterocycles. The van der Waals surface area contributed by atoms with Crippen molar-refractivity contribution in [3.05, 3.63) is 82.9 Å². The largest absolute Gasteiger partial charge is 0.324 e. The highest BCUT2D eigenvalue weighted by Crippen LogP contribution is 2.31. The summed E-state index contributed by atoms with van der Waals surface area (Å²) in [7, 11) is 0. The van der Waals surface area contributed by atoms with Crippen LogP contribution in [0.1, 0.15) is 31.9 Å². The SMILES string of the molecule is CCc1ccc(NC(=O)C(CC)n2cnc3sc(-c4ccccc4)cc3c2=O)cc1. The third kappa shape index (κ3) is 3.91. The lowest BCUT2D eigenvalue weighted by Crippen LogP contribution is -2.33. The lowest BCUT2D eigenvalue weighted by atomic mass is 10.1. The van der Waals surface area contributed by atoms with Gasteiger partial charge in [-0.1, -0.05) is 56.3 Å². The Morgan fingerprint density at radius 2 is 1.83 bits per heavy atom. The fraction of sp³-hybridized carbons (Fsp3) is 0.208. The first-order valence-electron chi connectivity index (χ1n) is 10.1. The van der Waals surface area contributed by atoms with E-state index in [9.17, 15) is 9.59 Å². The number of hydrogen-bond donors (Lipinski definition) is 1. The van der Waals surface area contributed by atoms with E-state index in [2.05, 4.69) is 17.2 Å². The molecule has 0 spiro atoms. The summed E-state index contributed by atoms with van der Waals surface area (Å²) in [5.41, 5.74) is 2.78. The number of carbonyl (C=O) groups is 1. The van der Waals surface area contributed by atoms with E-state index in [1.165, 1.54) is 27.8 Å². The number of nitrogens with zero attached hydrogens (tertiary/aromatic N) is 2. The molecule has 0 fully saturated rings. The third-order valence-electron chi connectivity index (χ3n) is 5.19. The standard InChI is InChI=1S/C24H23N3O2S/c1-3-16-10-12-18(13-11-16)26-22(28)20(4-2)27-15-25-23-19(24(27)29)14-21(30-23)17-8-6-5-7-9-17/h5-15,20H,3-4H2,1-2H3,(H,26,28). The summed E-state index contributed by atoms with van der Waals surface area (Å²) >= 11 is 1.48. The summed E-state index contributed by atoms with van der Waals surface area (Å²) in [6.45, 7) is 3.98. The minimum Gasteiger partial charge on any atom is -0.324 e. The van der Waals surface area contributed by atoms with Crippen LogP contribution in [-0.2, 0) is 11.2 Å². The molecule has 4 aromatic rings. The van der Waals surface area contributed by atoms with Crippen molar-refractivity contribution in [3.63, 3.8) is 0 Å². The number of rotatable bonds is 6. The van der Waals surface area contributed by atoms with E-state index in [0.29, 0.717) is 16.6 Å². The zero-order valence-electron chi connectivity index (χ0n) is 17.0. The second kappa shape index (κ2) is 8.63. The molecule has 0 aliphatic heterocycles. The molecule has 0 aliphatic carbocycles. The maximum absolute atomic E-state index is 13.2. The van der Waals surface area contributed by atoms with Crippen LogP contribution >= 0.6 is 11.3 Å². The van der Waals surface area contributed by atoms with Crippen LogP contribution in [0, 0.1) is 0 Å². The van der Waals surface area contributed by atoms with Crippen molar-refractivity contribution >= 4 is 33.1 Å². The Morgan fingerprint density at radius 3 is 2.50 bits per heavy atom. The predicted molar refractivity (Wildman–Crippen MR) is 123 cm³/mol. The summed E-state index contributed by atoms with van der Waals surface area (Å²) in [4.78, 5) is 32.2. The van der Waals surface area contributed by atoms with Crippen LogP contribution in [0.4, 0.5) is 5.69 Å². The van der Waals surface area contributed by atoms with Crippen LogP contribution in [0.5, 0.6) is 0 Å². The van der Waals surface area contributed by atoms with Crippen molar-refractivity contribution in [2.24, 2.45) is 0 Å². The molecule has 4 rings (SSSR count). The number of benzene rings is 2. The van der Waals surface area contributed by atoms with Gasteiger partial charge in [0.05, 0.1) is 11.7 Å². The van der Waals surface area contributed by atoms with Gasteiger partial charge in [0.1, 0.15) is 10.9 Å². The van der Waals surface area contributed by atoms with Gasteiger partial charge in [0.2, 0.25) is 5.91 Å². The molecule has 1 atom stereocenters. The highest BCUT2D eigenvalue weighted by Gasteiger charge is 2.22. The molecule has 0 saturated heterocycles. The van der Waals surface area contributed by atoms with Gasteiger partial charge >= 0.3 is 0 Å². The van der Waals surface area contributed by atoms with Crippen molar-refractivity contribution < 1.29 is 4.79 Å². The molecule has 0 radical (unpaired) electrons. The molecule has 0 aliphatic rings. The van der Waals surface area contributed by atoms with E-state index in [0.717, 1.165) is 22.5 Å². The van der Waals surface area contributed by atoms with Gasteiger partial charge < -0.3 is 5.32 Å². The van der Waals surface area contributed by atoms with Crippen molar-refractivity contribution in [2.45, 2.75) is 32.7 Å². The highest BCUT2D eigenvalue weighted by molar-refractivity contribution is 7.21. The molecule has 0 saturated carbocycles. The molecule has 1 N–H and O–H groups in total. The van der Waals surface area contributed by atoms with Crippen LogP contribution in [0.3, 0.4) is 0 Å². The monoisotopic (exact) mass is 417 g/mol. The van der Waals surface area contributed by atoms with Gasteiger partial charge in [-0.25, -0.2) is 4.98 Å². The van der Waals surface area contributed by atoms with Gasteiger partial charge in [0, 0.05) is 10.6 Å². The number of carbonyl (C=O) groups excluding carboxylic acids is 1. The first kappa shape index (κ1) is 20.0. The van der Waals surface area contributed by atoms with Gasteiger partial charge in [-0.15, -0.1) is 11.3 Å². The summed E-state index contributed by atoms with van der Waals surface area (Å²) < 4.78 is 1.44. The lowest BCUT2D eigenvalue weighted by molar-refractivity contribution is -0.119. The molecule has 152 valence electrons. The van der Waals surface area contributed by atoms with Crippen LogP contribution in [0.15, 0.2) is 71.8 Å². The Kier molecular flexibility index (Phi) is 5.77. The van der Waals surface area contributed by atoms with E-state index in [1.807, 2.05) is 67.6 Å². The van der Waals surface area contributed by atoms with Crippen LogP contribution in [0.25, 0.3) is 20.7 Å². The Hall–Kier alpha value is -3.25. The molecule has 1 unspecified atom stereocenters. The smallest absolute Gasteiger partial charge is 0.262 e. The number of amides is 1. The fourth-order valence-corrected chi connectivity index (χ4v) is 4.46. The first-order valence-corrected chi connectivity index (χ1v) is 10.9. The minimum atomic E-state index is -0.625. The van der Waals surface area contributed by atoms with E-state index in [1.54, 1.807) is 0 Å². The number of anilines is 1. The maximum Gasteiger partial charge on any atom is 0.262 e. The number of nitrogens with one attached hydrogen (secondary N) is 1. The Bertz CT molecular complexity index is 1230. The summed E-state index contributed by atoms with van der Waals surface area (Å²) in [6, 6.07) is 18.9.